The van der Waals surface area contributed by atoms with Gasteiger partial charge in [0, 0.05) is 0 Å². The van der Waals surface area contributed by atoms with Gasteiger partial charge in [0.05, 0.1) is 12.7 Å². The van der Waals surface area contributed by atoms with E-state index in [0.29, 0.717) is 22.6 Å². The second-order valence-electron chi connectivity index (χ2n) is 5.53. The first kappa shape index (κ1) is 14.3. The maximum atomic E-state index is 12.7. The zero-order valence-corrected chi connectivity index (χ0v) is 12.9. The van der Waals surface area contributed by atoms with E-state index < -0.39 is 0 Å². The lowest BCUT2D eigenvalue weighted by atomic mass is 10.0. The van der Waals surface area contributed by atoms with E-state index in [0.717, 1.165) is 10.8 Å². The lowest BCUT2D eigenvalue weighted by Gasteiger charge is -2.04. The summed E-state index contributed by atoms with van der Waals surface area (Å²) in [4.78, 5) is 12.7. The third-order valence-electron chi connectivity index (χ3n) is 4.06. The Hall–Kier alpha value is -3.27. The van der Waals surface area contributed by atoms with Gasteiger partial charge in [-0.25, -0.2) is 0 Å². The lowest BCUT2D eigenvalue weighted by Crippen LogP contribution is -1.98. The summed E-state index contributed by atoms with van der Waals surface area (Å²) >= 11 is 0. The highest BCUT2D eigenvalue weighted by Crippen LogP contribution is 2.37. The Balaban J connectivity index is 1.78. The second kappa shape index (κ2) is 5.42. The maximum absolute atomic E-state index is 12.7. The van der Waals surface area contributed by atoms with Gasteiger partial charge in [0.1, 0.15) is 5.75 Å². The number of fused-ring (bicyclic) bond motifs is 3. The molecule has 1 heterocycles. The number of hydrogen-bond acceptors (Lipinski definition) is 4. The lowest BCUT2D eigenvalue weighted by molar-refractivity contribution is 0.101. The fraction of sp³-hybridized carbons (Fsp3) is 0.0500. The molecule has 0 aliphatic carbocycles. The molecule has 0 unspecified atom stereocenters. The summed E-state index contributed by atoms with van der Waals surface area (Å²) in [7, 11) is 1.48. The molecule has 118 valence electrons. The van der Waals surface area contributed by atoms with Crippen LogP contribution in [0.3, 0.4) is 0 Å². The number of hydrogen-bond donors (Lipinski definition) is 1. The summed E-state index contributed by atoms with van der Waals surface area (Å²) in [6.07, 6.45) is 1.62. The first-order valence-electron chi connectivity index (χ1n) is 7.50. The first-order valence-corrected chi connectivity index (χ1v) is 7.50. The molecule has 0 saturated heterocycles. The van der Waals surface area contributed by atoms with Crippen molar-refractivity contribution in [2.75, 3.05) is 7.11 Å². The average Bonchev–Trinajstić information content (AvgIpc) is 2.91. The van der Waals surface area contributed by atoms with E-state index in [1.165, 1.54) is 13.2 Å². The van der Waals surface area contributed by atoms with Crippen LogP contribution in [0.2, 0.25) is 0 Å². The molecular weight excluding hydrogens is 304 g/mol. The number of carbonyl (C=O) groups is 1. The number of Topliss-reactive ketones (excluding diaryl/α,β-unsaturated/α-hetero) is 1. The minimum absolute atomic E-state index is 0.0141. The molecule has 0 fully saturated rings. The SMILES string of the molecule is COc1ccc(C=C2Oc3ccc4ccccc4c3C2=O)cc1O. The highest BCUT2D eigenvalue weighted by Gasteiger charge is 2.29. The van der Waals surface area contributed by atoms with Crippen LogP contribution in [0.5, 0.6) is 17.2 Å². The Morgan fingerprint density at radius 2 is 1.92 bits per heavy atom. The number of allylic oxidation sites excluding steroid dienone is 1. The third kappa shape index (κ3) is 2.20. The van der Waals surface area contributed by atoms with E-state index in [1.54, 1.807) is 18.2 Å². The van der Waals surface area contributed by atoms with Crippen LogP contribution in [-0.2, 0) is 0 Å². The summed E-state index contributed by atoms with van der Waals surface area (Å²) < 4.78 is 10.7. The number of ketones is 1. The Bertz CT molecular complexity index is 1000. The number of aromatic hydroxyl groups is 1. The summed E-state index contributed by atoms with van der Waals surface area (Å²) in [6.45, 7) is 0. The van der Waals surface area contributed by atoms with Crippen molar-refractivity contribution in [1.82, 2.24) is 0 Å². The van der Waals surface area contributed by atoms with Crippen molar-refractivity contribution in [3.8, 4) is 17.2 Å². The highest BCUT2D eigenvalue weighted by atomic mass is 16.5. The summed E-state index contributed by atoms with van der Waals surface area (Å²) in [5.74, 6) is 1.04. The van der Waals surface area contributed by atoms with Gasteiger partial charge in [-0.15, -0.1) is 0 Å². The fourth-order valence-corrected chi connectivity index (χ4v) is 2.90. The number of phenols is 1. The van der Waals surface area contributed by atoms with E-state index in [2.05, 4.69) is 0 Å². The van der Waals surface area contributed by atoms with Crippen molar-refractivity contribution in [3.05, 3.63) is 71.5 Å². The van der Waals surface area contributed by atoms with Gasteiger partial charge in [0.2, 0.25) is 5.78 Å². The Morgan fingerprint density at radius 3 is 2.71 bits per heavy atom. The fourth-order valence-electron chi connectivity index (χ4n) is 2.90. The monoisotopic (exact) mass is 318 g/mol. The van der Waals surface area contributed by atoms with Crippen LogP contribution in [0.15, 0.2) is 60.4 Å². The third-order valence-corrected chi connectivity index (χ3v) is 4.06. The molecule has 4 heteroatoms. The predicted molar refractivity (Wildman–Crippen MR) is 91.5 cm³/mol. The van der Waals surface area contributed by atoms with E-state index in [1.807, 2.05) is 36.4 Å². The average molecular weight is 318 g/mol. The zero-order chi connectivity index (χ0) is 16.7. The van der Waals surface area contributed by atoms with E-state index >= 15 is 0 Å². The molecule has 4 rings (SSSR count). The molecule has 0 saturated carbocycles. The minimum atomic E-state index is -0.155. The van der Waals surface area contributed by atoms with Crippen LogP contribution in [0.25, 0.3) is 16.8 Å². The minimum Gasteiger partial charge on any atom is -0.504 e. The van der Waals surface area contributed by atoms with Gasteiger partial charge in [0.15, 0.2) is 17.3 Å². The summed E-state index contributed by atoms with van der Waals surface area (Å²) in [5, 5.41) is 11.7. The number of benzene rings is 3. The molecule has 1 aliphatic heterocycles. The van der Waals surface area contributed by atoms with Gasteiger partial charge in [-0.1, -0.05) is 36.4 Å². The summed E-state index contributed by atoms with van der Waals surface area (Å²) in [6, 6.07) is 16.4. The van der Waals surface area contributed by atoms with Crippen LogP contribution >= 0.6 is 0 Å². The van der Waals surface area contributed by atoms with Crippen LogP contribution in [-0.4, -0.2) is 18.0 Å². The van der Waals surface area contributed by atoms with E-state index in [4.69, 9.17) is 9.47 Å². The van der Waals surface area contributed by atoms with Crippen molar-refractivity contribution in [3.63, 3.8) is 0 Å². The van der Waals surface area contributed by atoms with Crippen LogP contribution in [0.1, 0.15) is 15.9 Å². The summed E-state index contributed by atoms with van der Waals surface area (Å²) in [5.41, 5.74) is 1.24. The molecule has 1 aliphatic rings. The van der Waals surface area contributed by atoms with E-state index in [-0.39, 0.29) is 17.3 Å². The van der Waals surface area contributed by atoms with Crippen molar-refractivity contribution >= 4 is 22.6 Å². The van der Waals surface area contributed by atoms with Crippen molar-refractivity contribution in [1.29, 1.82) is 0 Å². The molecule has 0 radical (unpaired) electrons. The van der Waals surface area contributed by atoms with Crippen LogP contribution in [0, 0.1) is 0 Å². The highest BCUT2D eigenvalue weighted by molar-refractivity contribution is 6.21. The molecule has 0 bridgehead atoms. The van der Waals surface area contributed by atoms with Crippen LogP contribution in [0.4, 0.5) is 0 Å². The van der Waals surface area contributed by atoms with Gasteiger partial charge in [-0.3, -0.25) is 4.79 Å². The number of ether oxygens (including phenoxy) is 2. The normalized spacial score (nSPS) is 14.7. The quantitative estimate of drug-likeness (QED) is 0.721. The Labute approximate surface area is 138 Å². The molecule has 0 amide bonds. The molecule has 0 atom stereocenters. The van der Waals surface area contributed by atoms with Crippen molar-refractivity contribution < 1.29 is 19.4 Å². The number of methoxy groups -OCH3 is 1. The molecule has 24 heavy (non-hydrogen) atoms. The smallest absolute Gasteiger partial charge is 0.232 e. The number of phenolic OH excluding ortho intramolecular Hbond substituents is 1. The Morgan fingerprint density at radius 1 is 1.08 bits per heavy atom. The zero-order valence-electron chi connectivity index (χ0n) is 12.9. The standard InChI is InChI=1S/C20H14O4/c1-23-16-8-6-12(10-15(16)21)11-18-20(22)19-14-5-3-2-4-13(14)7-9-17(19)24-18/h2-11,21H,1H3. The molecule has 1 N–H and O–H groups in total. The van der Waals surface area contributed by atoms with Gasteiger partial charge in [-0.05, 0) is 40.6 Å². The molecule has 0 spiro atoms. The predicted octanol–water partition coefficient (Wildman–Crippen LogP) is 4.17. The number of rotatable bonds is 2. The Kier molecular flexibility index (Phi) is 3.24. The van der Waals surface area contributed by atoms with Gasteiger partial charge < -0.3 is 14.6 Å². The first-order chi connectivity index (χ1) is 11.7. The molecule has 3 aromatic rings. The van der Waals surface area contributed by atoms with Gasteiger partial charge >= 0.3 is 0 Å². The second-order valence-corrected chi connectivity index (χ2v) is 5.53. The van der Waals surface area contributed by atoms with Crippen LogP contribution < -0.4 is 9.47 Å². The molecule has 0 aromatic heterocycles. The van der Waals surface area contributed by atoms with Crippen molar-refractivity contribution in [2.45, 2.75) is 0 Å². The van der Waals surface area contributed by atoms with Gasteiger partial charge in [0.25, 0.3) is 0 Å². The topological polar surface area (TPSA) is 55.8 Å². The molecular formula is C20H14O4. The van der Waals surface area contributed by atoms with Crippen molar-refractivity contribution in [2.24, 2.45) is 0 Å². The molecule has 3 aromatic carbocycles. The maximum Gasteiger partial charge on any atom is 0.232 e. The van der Waals surface area contributed by atoms with Gasteiger partial charge in [-0.2, -0.15) is 0 Å². The largest absolute Gasteiger partial charge is 0.504 e. The molecule has 4 nitrogen and oxygen atoms in total. The number of carbonyl (C=O) groups excluding carboxylic acids is 1. The van der Waals surface area contributed by atoms with E-state index in [9.17, 15) is 9.90 Å².